The first kappa shape index (κ1) is 8.44. The van der Waals surface area contributed by atoms with E-state index in [9.17, 15) is 0 Å². The van der Waals surface area contributed by atoms with E-state index >= 15 is 0 Å². The molecule has 0 aromatic carbocycles. The third kappa shape index (κ3) is 2.68. The minimum Gasteiger partial charge on any atom is -0.380 e. The summed E-state index contributed by atoms with van der Waals surface area (Å²) in [6.07, 6.45) is 1.44. The zero-order chi connectivity index (χ0) is 6.57. The fourth-order valence-electron chi connectivity index (χ4n) is 0.679. The lowest BCUT2D eigenvalue weighted by Gasteiger charge is -2.14. The number of rotatable bonds is 3. The van der Waals surface area contributed by atoms with Crippen molar-refractivity contribution >= 4 is 15.9 Å². The summed E-state index contributed by atoms with van der Waals surface area (Å²) in [4.78, 5) is 0.470. The lowest BCUT2D eigenvalue weighted by molar-refractivity contribution is 0.102. The van der Waals surface area contributed by atoms with E-state index in [-0.39, 0.29) is 0 Å². The molecule has 0 rings (SSSR count). The molecule has 0 aliphatic rings. The minimum atomic E-state index is 0.370. The average molecular weight is 181 g/mol. The summed E-state index contributed by atoms with van der Waals surface area (Å²) < 4.78 is 5.11. The van der Waals surface area contributed by atoms with Crippen molar-refractivity contribution in [2.45, 2.75) is 31.2 Å². The van der Waals surface area contributed by atoms with Gasteiger partial charge in [-0.2, -0.15) is 0 Å². The molecule has 8 heavy (non-hydrogen) atoms. The molecule has 0 bridgehead atoms. The summed E-state index contributed by atoms with van der Waals surface area (Å²) >= 11 is 3.44. The lowest BCUT2D eigenvalue weighted by Crippen LogP contribution is -2.18. The van der Waals surface area contributed by atoms with Crippen LogP contribution in [-0.4, -0.2) is 18.0 Å². The number of ether oxygens (including phenoxy) is 1. The molecule has 0 aromatic rings. The van der Waals surface area contributed by atoms with Crippen molar-refractivity contribution in [2.75, 3.05) is 7.11 Å². The van der Waals surface area contributed by atoms with Crippen LogP contribution in [0.4, 0.5) is 0 Å². The molecular weight excluding hydrogens is 168 g/mol. The monoisotopic (exact) mass is 180 g/mol. The van der Waals surface area contributed by atoms with E-state index in [0.717, 1.165) is 6.42 Å². The van der Waals surface area contributed by atoms with Gasteiger partial charge in [0.25, 0.3) is 0 Å². The van der Waals surface area contributed by atoms with Crippen LogP contribution in [0.15, 0.2) is 0 Å². The van der Waals surface area contributed by atoms with Crippen LogP contribution in [0.5, 0.6) is 0 Å². The molecule has 50 valence electrons. The fourth-order valence-corrected chi connectivity index (χ4v) is 1.27. The van der Waals surface area contributed by atoms with Crippen molar-refractivity contribution < 1.29 is 4.74 Å². The highest BCUT2D eigenvalue weighted by Crippen LogP contribution is 2.10. The Morgan fingerprint density at radius 2 is 2.12 bits per heavy atom. The Morgan fingerprint density at radius 3 is 2.12 bits per heavy atom. The van der Waals surface area contributed by atoms with Gasteiger partial charge >= 0.3 is 0 Å². The van der Waals surface area contributed by atoms with Crippen molar-refractivity contribution in [1.82, 2.24) is 0 Å². The Labute approximate surface area is 59.5 Å². The average Bonchev–Trinajstić information content (AvgIpc) is 1.69. The third-order valence-corrected chi connectivity index (χ3v) is 1.81. The Balaban J connectivity index is 3.35. The molecule has 0 aliphatic carbocycles. The zero-order valence-corrected chi connectivity index (χ0v) is 7.23. The molecule has 0 fully saturated rings. The van der Waals surface area contributed by atoms with Gasteiger partial charge in [0.15, 0.2) is 0 Å². The van der Waals surface area contributed by atoms with Crippen LogP contribution in [0.25, 0.3) is 0 Å². The van der Waals surface area contributed by atoms with Crippen LogP contribution in [0.2, 0.25) is 0 Å². The topological polar surface area (TPSA) is 9.23 Å². The summed E-state index contributed by atoms with van der Waals surface area (Å²) in [7, 11) is 1.74. The first-order valence-electron chi connectivity index (χ1n) is 2.89. The molecule has 2 atom stereocenters. The minimum absolute atomic E-state index is 0.370. The Hall–Kier alpha value is 0.440. The number of alkyl halides is 1. The molecule has 0 saturated heterocycles. The highest BCUT2D eigenvalue weighted by atomic mass is 79.9. The summed E-state index contributed by atoms with van der Waals surface area (Å²) in [6.45, 7) is 4.21. The van der Waals surface area contributed by atoms with Crippen LogP contribution < -0.4 is 0 Å². The van der Waals surface area contributed by atoms with Crippen LogP contribution >= 0.6 is 15.9 Å². The van der Waals surface area contributed by atoms with Gasteiger partial charge in [0.05, 0.1) is 6.10 Å². The van der Waals surface area contributed by atoms with Crippen LogP contribution in [0.1, 0.15) is 20.3 Å². The molecule has 0 aliphatic heterocycles. The fraction of sp³-hybridized carbons (Fsp3) is 1.00. The smallest absolute Gasteiger partial charge is 0.0690 e. The Kier molecular flexibility index (Phi) is 4.57. The lowest BCUT2D eigenvalue weighted by atomic mass is 10.2. The molecule has 1 unspecified atom stereocenters. The zero-order valence-electron chi connectivity index (χ0n) is 5.65. The van der Waals surface area contributed by atoms with E-state index in [1.165, 1.54) is 0 Å². The first-order chi connectivity index (χ1) is 3.72. The van der Waals surface area contributed by atoms with Crippen molar-refractivity contribution in [2.24, 2.45) is 0 Å². The van der Waals surface area contributed by atoms with E-state index in [4.69, 9.17) is 4.74 Å². The highest BCUT2D eigenvalue weighted by molar-refractivity contribution is 9.09. The standard InChI is InChI=1S/C6H13BrO/c1-4-6(8-3)5(2)7/h5-6H,4H2,1-3H3/t5?,6-/m0/s1. The SMILES string of the molecule is CC[C@H](OC)C(C)Br. The van der Waals surface area contributed by atoms with E-state index in [2.05, 4.69) is 29.8 Å². The second-order valence-corrected chi connectivity index (χ2v) is 3.30. The summed E-state index contributed by atoms with van der Waals surface area (Å²) in [5, 5.41) is 0. The second-order valence-electron chi connectivity index (χ2n) is 1.86. The molecule has 2 heteroatoms. The summed E-state index contributed by atoms with van der Waals surface area (Å²) in [5.41, 5.74) is 0. The van der Waals surface area contributed by atoms with Gasteiger partial charge in [0.2, 0.25) is 0 Å². The predicted molar refractivity (Wildman–Crippen MR) is 39.5 cm³/mol. The van der Waals surface area contributed by atoms with E-state index in [1.54, 1.807) is 7.11 Å². The third-order valence-electron chi connectivity index (χ3n) is 1.22. The van der Waals surface area contributed by atoms with Gasteiger partial charge in [-0.25, -0.2) is 0 Å². The summed E-state index contributed by atoms with van der Waals surface area (Å²) in [5.74, 6) is 0. The van der Waals surface area contributed by atoms with Gasteiger partial charge in [-0.3, -0.25) is 0 Å². The van der Waals surface area contributed by atoms with Gasteiger partial charge in [-0.15, -0.1) is 0 Å². The van der Waals surface area contributed by atoms with E-state index in [0.29, 0.717) is 10.9 Å². The molecule has 0 N–H and O–H groups in total. The summed E-state index contributed by atoms with van der Waals surface area (Å²) in [6, 6.07) is 0. The molecular formula is C6H13BrO. The number of hydrogen-bond acceptors (Lipinski definition) is 1. The maximum absolute atomic E-state index is 5.11. The highest BCUT2D eigenvalue weighted by Gasteiger charge is 2.09. The van der Waals surface area contributed by atoms with Gasteiger partial charge in [0.1, 0.15) is 0 Å². The van der Waals surface area contributed by atoms with E-state index in [1.807, 2.05) is 0 Å². The molecule has 0 radical (unpaired) electrons. The maximum Gasteiger partial charge on any atom is 0.0690 e. The van der Waals surface area contributed by atoms with Gasteiger partial charge < -0.3 is 4.74 Å². The second kappa shape index (κ2) is 4.33. The first-order valence-corrected chi connectivity index (χ1v) is 3.80. The largest absolute Gasteiger partial charge is 0.380 e. The predicted octanol–water partition coefficient (Wildman–Crippen LogP) is 2.19. The van der Waals surface area contributed by atoms with Gasteiger partial charge in [-0.1, -0.05) is 29.8 Å². The van der Waals surface area contributed by atoms with Crippen LogP contribution in [0, 0.1) is 0 Å². The van der Waals surface area contributed by atoms with Gasteiger partial charge in [0, 0.05) is 11.9 Å². The van der Waals surface area contributed by atoms with Crippen LogP contribution in [0.3, 0.4) is 0 Å². The molecule has 0 amide bonds. The number of hydrogen-bond donors (Lipinski definition) is 0. The van der Waals surface area contributed by atoms with Crippen molar-refractivity contribution in [1.29, 1.82) is 0 Å². The van der Waals surface area contributed by atoms with E-state index < -0.39 is 0 Å². The number of methoxy groups -OCH3 is 1. The molecule has 0 aromatic heterocycles. The molecule has 0 heterocycles. The van der Waals surface area contributed by atoms with Crippen molar-refractivity contribution in [3.8, 4) is 0 Å². The normalized spacial score (nSPS) is 18.0. The van der Waals surface area contributed by atoms with Gasteiger partial charge in [-0.05, 0) is 6.42 Å². The molecule has 0 spiro atoms. The molecule has 0 saturated carbocycles. The Bertz CT molecular complexity index is 50.5. The van der Waals surface area contributed by atoms with Crippen LogP contribution in [-0.2, 0) is 4.74 Å². The quantitative estimate of drug-likeness (QED) is 0.606. The number of halogens is 1. The van der Waals surface area contributed by atoms with Crippen molar-refractivity contribution in [3.05, 3.63) is 0 Å². The Morgan fingerprint density at radius 1 is 1.62 bits per heavy atom. The maximum atomic E-state index is 5.11. The van der Waals surface area contributed by atoms with Crippen molar-refractivity contribution in [3.63, 3.8) is 0 Å². The molecule has 1 nitrogen and oxygen atoms in total.